The summed E-state index contributed by atoms with van der Waals surface area (Å²) in [5.74, 6) is -1.90. The Balaban J connectivity index is 1.13. The van der Waals surface area contributed by atoms with Crippen molar-refractivity contribution in [2.75, 3.05) is 10.8 Å². The van der Waals surface area contributed by atoms with Crippen molar-refractivity contribution in [1.29, 1.82) is 0 Å². The molecule has 0 spiro atoms. The molecule has 49 heavy (non-hydrogen) atoms. The smallest absolute Gasteiger partial charge is 0.338 e. The van der Waals surface area contributed by atoms with Crippen LogP contribution < -0.4 is 9.64 Å². The van der Waals surface area contributed by atoms with Crippen molar-refractivity contribution in [1.82, 2.24) is 0 Å². The van der Waals surface area contributed by atoms with Gasteiger partial charge >= 0.3 is 5.97 Å². The molecular formula is C40H31ClFNO6. The molecule has 0 aliphatic carbocycles. The van der Waals surface area contributed by atoms with Crippen LogP contribution in [0.15, 0.2) is 121 Å². The summed E-state index contributed by atoms with van der Waals surface area (Å²) in [7, 11) is 0. The second kappa shape index (κ2) is 13.9. The Morgan fingerprint density at radius 3 is 1.94 bits per heavy atom. The molecule has 0 saturated carbocycles. The molecule has 1 aliphatic heterocycles. The van der Waals surface area contributed by atoms with Crippen molar-refractivity contribution in [2.45, 2.75) is 31.8 Å². The molecular weight excluding hydrogens is 645 g/mol. The van der Waals surface area contributed by atoms with E-state index in [1.807, 2.05) is 42.5 Å². The molecule has 0 saturated heterocycles. The maximum atomic E-state index is 13.4. The van der Waals surface area contributed by atoms with E-state index in [0.717, 1.165) is 22.6 Å². The first-order valence-corrected chi connectivity index (χ1v) is 16.1. The lowest BCUT2D eigenvalue weighted by Gasteiger charge is -2.26. The minimum absolute atomic E-state index is 0.0184. The van der Waals surface area contributed by atoms with Crippen molar-refractivity contribution in [3.8, 4) is 11.5 Å². The van der Waals surface area contributed by atoms with Gasteiger partial charge in [-0.2, -0.15) is 0 Å². The number of carbonyl (C=O) groups is 4. The fourth-order valence-corrected chi connectivity index (χ4v) is 5.90. The normalized spacial score (nSPS) is 13.2. The molecule has 0 N–H and O–H groups in total. The second-order valence-corrected chi connectivity index (χ2v) is 12.4. The molecule has 0 radical (unpaired) electrons. The van der Waals surface area contributed by atoms with Gasteiger partial charge in [-0.05, 0) is 90.0 Å². The largest absolute Gasteiger partial charge is 0.457 e. The molecule has 0 bridgehead atoms. The highest BCUT2D eigenvalue weighted by Gasteiger charge is 2.37. The molecule has 0 fully saturated rings. The Labute approximate surface area is 287 Å². The molecule has 2 amide bonds. The molecule has 246 valence electrons. The number of alkyl halides is 1. The van der Waals surface area contributed by atoms with E-state index in [9.17, 15) is 23.6 Å². The SMILES string of the molecule is CC(C)(c1ccccc1)c1ccc(Oc2ccc(N3C(=O)c4ccc(C(=O)OC(CCCl)C(=O)c5ccc(F)cc5)cc4C3=O)cc2)cc1. The molecule has 1 unspecified atom stereocenters. The van der Waals surface area contributed by atoms with Gasteiger partial charge in [0.15, 0.2) is 6.10 Å². The number of halogens is 2. The van der Waals surface area contributed by atoms with Crippen molar-refractivity contribution in [3.63, 3.8) is 0 Å². The number of imide groups is 1. The lowest BCUT2D eigenvalue weighted by Crippen LogP contribution is -2.29. The minimum Gasteiger partial charge on any atom is -0.457 e. The van der Waals surface area contributed by atoms with E-state index >= 15 is 0 Å². The monoisotopic (exact) mass is 675 g/mol. The van der Waals surface area contributed by atoms with Crippen molar-refractivity contribution in [3.05, 3.63) is 161 Å². The number of ether oxygens (including phenoxy) is 2. The molecule has 1 atom stereocenters. The van der Waals surface area contributed by atoms with E-state index in [2.05, 4.69) is 26.0 Å². The number of fused-ring (bicyclic) bond motifs is 1. The number of esters is 1. The highest BCUT2D eigenvalue weighted by Crippen LogP contribution is 2.34. The number of hydrogen-bond donors (Lipinski definition) is 0. The van der Waals surface area contributed by atoms with Crippen LogP contribution in [-0.4, -0.2) is 35.6 Å². The van der Waals surface area contributed by atoms with Gasteiger partial charge in [0.25, 0.3) is 11.8 Å². The Morgan fingerprint density at radius 2 is 1.31 bits per heavy atom. The van der Waals surface area contributed by atoms with Gasteiger partial charge in [0.05, 0.1) is 22.4 Å². The number of ketones is 1. The quantitative estimate of drug-likeness (QED) is 0.0602. The number of rotatable bonds is 11. The van der Waals surface area contributed by atoms with Crippen molar-refractivity contribution in [2.24, 2.45) is 0 Å². The third-order valence-electron chi connectivity index (χ3n) is 8.57. The van der Waals surface area contributed by atoms with E-state index in [1.165, 1.54) is 35.9 Å². The van der Waals surface area contributed by atoms with Gasteiger partial charge in [-0.25, -0.2) is 14.1 Å². The molecule has 1 aliphatic rings. The number of hydrogen-bond acceptors (Lipinski definition) is 6. The first-order valence-electron chi connectivity index (χ1n) is 15.6. The maximum Gasteiger partial charge on any atom is 0.338 e. The summed E-state index contributed by atoms with van der Waals surface area (Å²) in [6.45, 7) is 4.34. The van der Waals surface area contributed by atoms with Gasteiger partial charge in [0, 0.05) is 23.3 Å². The summed E-state index contributed by atoms with van der Waals surface area (Å²) in [6, 6.07) is 33.5. The van der Waals surface area contributed by atoms with Crippen LogP contribution in [-0.2, 0) is 10.2 Å². The average Bonchev–Trinajstić information content (AvgIpc) is 3.37. The Kier molecular flexibility index (Phi) is 9.42. The van der Waals surface area contributed by atoms with Gasteiger partial charge in [-0.3, -0.25) is 14.4 Å². The second-order valence-electron chi connectivity index (χ2n) is 12.1. The number of Topliss-reactive ketones (excluding diaryl/α,β-unsaturated/α-hetero) is 1. The third kappa shape index (κ3) is 6.87. The summed E-state index contributed by atoms with van der Waals surface area (Å²) in [5.41, 5.74) is 2.77. The summed E-state index contributed by atoms with van der Waals surface area (Å²) in [4.78, 5) is 53.8. The maximum absolute atomic E-state index is 13.4. The minimum atomic E-state index is -1.22. The van der Waals surface area contributed by atoms with Gasteiger partial charge in [0.1, 0.15) is 17.3 Å². The fraction of sp³-hybridized carbons (Fsp3) is 0.150. The van der Waals surface area contributed by atoms with Gasteiger partial charge < -0.3 is 9.47 Å². The third-order valence-corrected chi connectivity index (χ3v) is 8.78. The van der Waals surface area contributed by atoms with Crippen LogP contribution in [0.1, 0.15) is 72.8 Å². The first kappa shape index (κ1) is 33.3. The van der Waals surface area contributed by atoms with E-state index in [0.29, 0.717) is 17.2 Å². The topological polar surface area (TPSA) is 90.0 Å². The average molecular weight is 676 g/mol. The highest BCUT2D eigenvalue weighted by atomic mass is 35.5. The molecule has 5 aromatic rings. The van der Waals surface area contributed by atoms with Gasteiger partial charge in [0.2, 0.25) is 5.78 Å². The number of benzene rings is 5. The van der Waals surface area contributed by atoms with Crippen LogP contribution in [0.3, 0.4) is 0 Å². The predicted molar refractivity (Wildman–Crippen MR) is 184 cm³/mol. The zero-order chi connectivity index (χ0) is 34.7. The lowest BCUT2D eigenvalue weighted by atomic mass is 9.78. The van der Waals surface area contributed by atoms with Crippen LogP contribution in [0.25, 0.3) is 0 Å². The van der Waals surface area contributed by atoms with Crippen molar-refractivity contribution >= 4 is 40.9 Å². The van der Waals surface area contributed by atoms with Gasteiger partial charge in [-0.1, -0.05) is 56.3 Å². The van der Waals surface area contributed by atoms with Crippen LogP contribution in [0.5, 0.6) is 11.5 Å². The molecule has 7 nitrogen and oxygen atoms in total. The Hall–Kier alpha value is -5.60. The zero-order valence-electron chi connectivity index (χ0n) is 26.7. The van der Waals surface area contributed by atoms with Crippen LogP contribution in [0.2, 0.25) is 0 Å². The number of anilines is 1. The first-order chi connectivity index (χ1) is 23.6. The summed E-state index contributed by atoms with van der Waals surface area (Å²) in [5, 5.41) is 0. The molecule has 6 rings (SSSR count). The molecule has 5 aromatic carbocycles. The van der Waals surface area contributed by atoms with Crippen LogP contribution in [0, 0.1) is 5.82 Å². The summed E-state index contributed by atoms with van der Waals surface area (Å²) in [6.07, 6.45) is -1.20. The van der Waals surface area contributed by atoms with E-state index in [4.69, 9.17) is 21.1 Å². The van der Waals surface area contributed by atoms with Gasteiger partial charge in [-0.15, -0.1) is 11.6 Å². The fourth-order valence-electron chi connectivity index (χ4n) is 5.70. The predicted octanol–water partition coefficient (Wildman–Crippen LogP) is 8.78. The molecule has 1 heterocycles. The van der Waals surface area contributed by atoms with Crippen LogP contribution >= 0.6 is 11.6 Å². The summed E-state index contributed by atoms with van der Waals surface area (Å²) < 4.78 is 24.8. The molecule has 0 aromatic heterocycles. The molecule has 9 heteroatoms. The highest BCUT2D eigenvalue weighted by molar-refractivity contribution is 6.34. The lowest BCUT2D eigenvalue weighted by molar-refractivity contribution is 0.0278. The Bertz CT molecular complexity index is 2030. The standard InChI is InChI=1S/C40H31ClFNO6/c1-40(2,27-6-4-3-5-7-27)28-11-17-31(18-12-28)48-32-19-15-30(16-20-32)43-37(45)33-21-10-26(24-34(33)38(43)46)39(47)49-35(22-23-41)36(44)25-8-13-29(42)14-9-25/h3-21,24,35H,22-23H2,1-2H3. The Morgan fingerprint density at radius 1 is 0.735 bits per heavy atom. The van der Waals surface area contributed by atoms with Crippen LogP contribution in [0.4, 0.5) is 10.1 Å². The van der Waals surface area contributed by atoms with Crippen molar-refractivity contribution < 1.29 is 33.0 Å². The number of amides is 2. The van der Waals surface area contributed by atoms with E-state index < -0.39 is 35.5 Å². The van der Waals surface area contributed by atoms with E-state index in [-0.39, 0.29) is 40.0 Å². The number of nitrogens with zero attached hydrogens (tertiary/aromatic N) is 1. The number of carbonyl (C=O) groups excluding carboxylic acids is 4. The van der Waals surface area contributed by atoms with E-state index in [1.54, 1.807) is 24.3 Å². The zero-order valence-corrected chi connectivity index (χ0v) is 27.4. The summed E-state index contributed by atoms with van der Waals surface area (Å²) >= 11 is 5.86.